The molecule has 0 unspecified atom stereocenters. The SMILES string of the molecule is COC(=O)c1cc(N2C(=O)[C@@H]3[C@@H](C2=O)[C@@]2(CO)C=C[C@@]3(C)O2)ccc1Cl. The number of aliphatic hydroxyl groups is 1. The number of carbonyl (C=O) groups excluding carboxylic acids is 3. The number of amides is 2. The number of hydrogen-bond donors (Lipinski definition) is 1. The van der Waals surface area contributed by atoms with Gasteiger partial charge in [0.15, 0.2) is 0 Å². The van der Waals surface area contributed by atoms with E-state index in [1.54, 1.807) is 19.1 Å². The number of anilines is 1. The quantitative estimate of drug-likeness (QED) is 0.485. The smallest absolute Gasteiger partial charge is 0.339 e. The Morgan fingerprint density at radius 2 is 2.00 bits per heavy atom. The van der Waals surface area contributed by atoms with E-state index >= 15 is 0 Å². The van der Waals surface area contributed by atoms with Gasteiger partial charge < -0.3 is 14.6 Å². The Morgan fingerprint density at radius 1 is 1.31 bits per heavy atom. The fraction of sp³-hybridized carbons (Fsp3) is 0.389. The Morgan fingerprint density at radius 3 is 2.65 bits per heavy atom. The Balaban J connectivity index is 1.79. The molecule has 2 amide bonds. The standard InChI is InChI=1S/C18H16ClNO6/c1-17-5-6-18(8-21,26-17)13-12(17)14(22)20(15(13)23)9-3-4-11(19)10(7-9)16(24)25-2/h3-7,12-13,21H,8H2,1-2H3/t12-,13-,17+,18-/m0/s1. The number of imide groups is 1. The maximum absolute atomic E-state index is 13.1. The Hall–Kier alpha value is -2.22. The summed E-state index contributed by atoms with van der Waals surface area (Å²) in [6.07, 6.45) is 3.38. The number of esters is 1. The predicted octanol–water partition coefficient (Wildman–Crippen LogP) is 1.32. The van der Waals surface area contributed by atoms with Gasteiger partial charge in [0.1, 0.15) is 5.60 Å². The zero-order valence-electron chi connectivity index (χ0n) is 14.1. The molecule has 1 aromatic carbocycles. The third-order valence-corrected chi connectivity index (χ3v) is 5.75. The first-order chi connectivity index (χ1) is 12.3. The molecule has 0 saturated carbocycles. The number of hydrogen-bond acceptors (Lipinski definition) is 6. The average molecular weight is 378 g/mol. The van der Waals surface area contributed by atoms with Crippen molar-refractivity contribution in [3.05, 3.63) is 40.9 Å². The number of carbonyl (C=O) groups is 3. The molecule has 0 radical (unpaired) electrons. The second kappa shape index (κ2) is 5.39. The number of halogens is 1. The monoisotopic (exact) mass is 377 g/mol. The molecular weight excluding hydrogens is 362 g/mol. The molecule has 0 aromatic heterocycles. The van der Waals surface area contributed by atoms with Crippen LogP contribution in [-0.4, -0.2) is 47.8 Å². The molecule has 8 heteroatoms. The number of rotatable bonds is 3. The highest BCUT2D eigenvalue weighted by Gasteiger charge is 2.72. The van der Waals surface area contributed by atoms with Crippen molar-refractivity contribution in [3.63, 3.8) is 0 Å². The Bertz CT molecular complexity index is 882. The van der Waals surface area contributed by atoms with Crippen LogP contribution >= 0.6 is 11.6 Å². The third kappa shape index (κ3) is 1.99. The second-order valence-electron chi connectivity index (χ2n) is 6.86. The van der Waals surface area contributed by atoms with Crippen LogP contribution < -0.4 is 4.90 Å². The first kappa shape index (κ1) is 17.2. The van der Waals surface area contributed by atoms with Gasteiger partial charge in [0, 0.05) is 0 Å². The van der Waals surface area contributed by atoms with Gasteiger partial charge in [-0.1, -0.05) is 23.8 Å². The molecule has 3 heterocycles. The summed E-state index contributed by atoms with van der Waals surface area (Å²) in [5.74, 6) is -3.11. The number of aliphatic hydroxyl groups excluding tert-OH is 1. The normalized spacial score (nSPS) is 34.5. The molecule has 1 aromatic rings. The number of benzene rings is 1. The van der Waals surface area contributed by atoms with Gasteiger partial charge in [-0.15, -0.1) is 0 Å². The fourth-order valence-electron chi connectivity index (χ4n) is 4.21. The molecule has 26 heavy (non-hydrogen) atoms. The van der Waals surface area contributed by atoms with E-state index in [9.17, 15) is 19.5 Å². The zero-order chi connectivity index (χ0) is 18.9. The highest BCUT2D eigenvalue weighted by Crippen LogP contribution is 2.57. The summed E-state index contributed by atoms with van der Waals surface area (Å²) in [5, 5.41) is 9.97. The molecule has 1 N–H and O–H groups in total. The molecule has 7 nitrogen and oxygen atoms in total. The van der Waals surface area contributed by atoms with E-state index in [0.717, 1.165) is 4.90 Å². The maximum Gasteiger partial charge on any atom is 0.339 e. The largest absolute Gasteiger partial charge is 0.465 e. The van der Waals surface area contributed by atoms with Crippen molar-refractivity contribution in [1.29, 1.82) is 0 Å². The second-order valence-corrected chi connectivity index (χ2v) is 7.26. The van der Waals surface area contributed by atoms with Gasteiger partial charge in [0.05, 0.1) is 47.4 Å². The molecule has 3 aliphatic heterocycles. The molecule has 136 valence electrons. The van der Waals surface area contributed by atoms with Crippen LogP contribution in [-0.2, 0) is 19.1 Å². The lowest BCUT2D eigenvalue weighted by Gasteiger charge is -2.27. The van der Waals surface area contributed by atoms with Crippen LogP contribution in [0.1, 0.15) is 17.3 Å². The minimum atomic E-state index is -1.20. The highest BCUT2D eigenvalue weighted by atomic mass is 35.5. The summed E-state index contributed by atoms with van der Waals surface area (Å²) in [7, 11) is 1.22. The number of methoxy groups -OCH3 is 1. The van der Waals surface area contributed by atoms with Gasteiger partial charge in [-0.25, -0.2) is 9.69 Å². The van der Waals surface area contributed by atoms with E-state index in [-0.39, 0.29) is 16.3 Å². The van der Waals surface area contributed by atoms with E-state index in [1.807, 2.05) is 0 Å². The van der Waals surface area contributed by atoms with E-state index in [4.69, 9.17) is 16.3 Å². The van der Waals surface area contributed by atoms with Crippen LogP contribution in [0, 0.1) is 11.8 Å². The van der Waals surface area contributed by atoms with Crippen molar-refractivity contribution in [2.24, 2.45) is 11.8 Å². The van der Waals surface area contributed by atoms with Crippen LogP contribution in [0.3, 0.4) is 0 Å². The van der Waals surface area contributed by atoms with Gasteiger partial charge in [0.2, 0.25) is 11.8 Å². The predicted molar refractivity (Wildman–Crippen MR) is 90.7 cm³/mol. The lowest BCUT2D eigenvalue weighted by atomic mass is 9.73. The zero-order valence-corrected chi connectivity index (χ0v) is 14.8. The summed E-state index contributed by atoms with van der Waals surface area (Å²) < 4.78 is 10.5. The first-order valence-corrected chi connectivity index (χ1v) is 8.43. The molecule has 2 fully saturated rings. The van der Waals surface area contributed by atoms with Crippen molar-refractivity contribution in [2.75, 3.05) is 18.6 Å². The summed E-state index contributed by atoms with van der Waals surface area (Å²) in [4.78, 5) is 39.0. The molecule has 0 aliphatic carbocycles. The molecule has 4 rings (SSSR count). The Labute approximate surface area is 154 Å². The molecule has 2 saturated heterocycles. The van der Waals surface area contributed by atoms with E-state index in [2.05, 4.69) is 4.74 Å². The minimum absolute atomic E-state index is 0.0600. The summed E-state index contributed by atoms with van der Waals surface area (Å²) >= 11 is 6.02. The molecule has 0 spiro atoms. The van der Waals surface area contributed by atoms with E-state index < -0.39 is 47.4 Å². The van der Waals surface area contributed by atoms with Crippen molar-refractivity contribution < 1.29 is 29.0 Å². The fourth-order valence-corrected chi connectivity index (χ4v) is 4.41. The lowest BCUT2D eigenvalue weighted by Crippen LogP contribution is -2.43. The molecule has 2 bridgehead atoms. The van der Waals surface area contributed by atoms with Gasteiger partial charge in [-0.05, 0) is 25.1 Å². The van der Waals surface area contributed by atoms with E-state index in [1.165, 1.54) is 25.3 Å². The lowest BCUT2D eigenvalue weighted by molar-refractivity contribution is -0.131. The highest BCUT2D eigenvalue weighted by molar-refractivity contribution is 6.34. The summed E-state index contributed by atoms with van der Waals surface area (Å²) in [6.45, 7) is 1.32. The number of nitrogens with zero attached hydrogens (tertiary/aromatic N) is 1. The van der Waals surface area contributed by atoms with Crippen LogP contribution in [0.25, 0.3) is 0 Å². The summed E-state index contributed by atoms with van der Waals surface area (Å²) in [6, 6.07) is 4.29. The number of fused-ring (bicyclic) bond motifs is 5. The Kier molecular flexibility index (Phi) is 3.57. The van der Waals surface area contributed by atoms with Gasteiger partial charge in [0.25, 0.3) is 0 Å². The van der Waals surface area contributed by atoms with Crippen LogP contribution in [0.5, 0.6) is 0 Å². The molecular formula is C18H16ClNO6. The van der Waals surface area contributed by atoms with Crippen molar-refractivity contribution in [2.45, 2.75) is 18.1 Å². The number of ether oxygens (including phenoxy) is 2. The maximum atomic E-state index is 13.1. The molecule has 4 atom stereocenters. The van der Waals surface area contributed by atoms with Gasteiger partial charge >= 0.3 is 5.97 Å². The van der Waals surface area contributed by atoms with Crippen molar-refractivity contribution in [1.82, 2.24) is 0 Å². The van der Waals surface area contributed by atoms with Crippen LogP contribution in [0.4, 0.5) is 5.69 Å². The van der Waals surface area contributed by atoms with Gasteiger partial charge in [-0.2, -0.15) is 0 Å². The van der Waals surface area contributed by atoms with Crippen LogP contribution in [0.15, 0.2) is 30.4 Å². The topological polar surface area (TPSA) is 93.1 Å². The first-order valence-electron chi connectivity index (χ1n) is 8.05. The van der Waals surface area contributed by atoms with Gasteiger partial charge in [-0.3, -0.25) is 9.59 Å². The molecule has 3 aliphatic rings. The van der Waals surface area contributed by atoms with E-state index in [0.29, 0.717) is 0 Å². The minimum Gasteiger partial charge on any atom is -0.465 e. The average Bonchev–Trinajstić information content (AvgIpc) is 3.21. The van der Waals surface area contributed by atoms with Crippen molar-refractivity contribution >= 4 is 35.1 Å². The third-order valence-electron chi connectivity index (χ3n) is 5.42. The van der Waals surface area contributed by atoms with Crippen LogP contribution in [0.2, 0.25) is 5.02 Å². The van der Waals surface area contributed by atoms with Crippen molar-refractivity contribution in [3.8, 4) is 0 Å². The summed E-state index contributed by atoms with van der Waals surface area (Å²) in [5.41, 5.74) is -1.86.